The molecule has 0 unspecified atom stereocenters. The topological polar surface area (TPSA) is 116 Å². The molecule has 26 heavy (non-hydrogen) atoms. The number of ether oxygens (including phenoxy) is 2. The summed E-state index contributed by atoms with van der Waals surface area (Å²) in [5, 5.41) is -0.774. The molecule has 144 valence electrons. The molecule has 8 nitrogen and oxygen atoms in total. The van der Waals surface area contributed by atoms with E-state index >= 15 is 0 Å². The van der Waals surface area contributed by atoms with Gasteiger partial charge in [0.05, 0.1) is 0 Å². The van der Waals surface area contributed by atoms with E-state index in [1.165, 1.54) is 25.6 Å². The molecule has 0 aliphatic carbocycles. The highest BCUT2D eigenvalue weighted by Gasteiger charge is 2.65. The monoisotopic (exact) mass is 444 g/mol. The van der Waals surface area contributed by atoms with Gasteiger partial charge in [-0.15, -0.1) is 11.8 Å². The lowest BCUT2D eigenvalue weighted by atomic mass is 9.84. The molecule has 1 fully saturated rings. The number of esters is 2. The van der Waals surface area contributed by atoms with Gasteiger partial charge < -0.3 is 15.2 Å². The van der Waals surface area contributed by atoms with E-state index in [0.717, 1.165) is 4.90 Å². The Morgan fingerprint density at radius 1 is 1.31 bits per heavy atom. The van der Waals surface area contributed by atoms with E-state index in [1.807, 2.05) is 0 Å². The van der Waals surface area contributed by atoms with Crippen molar-refractivity contribution in [1.29, 1.82) is 0 Å². The molecule has 2 atom stereocenters. The number of carbonyl (C=O) groups is 4. The van der Waals surface area contributed by atoms with Crippen LogP contribution in [-0.2, 0) is 28.7 Å². The first-order valence-electron chi connectivity index (χ1n) is 7.24. The number of β-lactam (4-membered cyclic amide) rings is 1. The van der Waals surface area contributed by atoms with Crippen molar-refractivity contribution in [3.63, 3.8) is 0 Å². The standard InChI is InChI=1S/C14H15Cl3N2O6S/c1-6(20)14(18)11(23)19-9(10(22)25-5-13(15,16)17)8(3-24-7(2)21)4-26-12(14)19/h12H,3-5,18H2,1-2H3/t12-,14-/m1/s1. The van der Waals surface area contributed by atoms with E-state index in [2.05, 4.69) is 0 Å². The molecule has 0 aromatic heterocycles. The predicted molar refractivity (Wildman–Crippen MR) is 95.6 cm³/mol. The number of rotatable bonds is 5. The van der Waals surface area contributed by atoms with Gasteiger partial charge in [-0.3, -0.25) is 19.3 Å². The second-order valence-corrected chi connectivity index (χ2v) is 9.27. The van der Waals surface area contributed by atoms with Gasteiger partial charge in [-0.25, -0.2) is 4.79 Å². The van der Waals surface area contributed by atoms with Crippen molar-refractivity contribution < 1.29 is 28.7 Å². The van der Waals surface area contributed by atoms with Gasteiger partial charge in [-0.05, 0) is 6.92 Å². The molecule has 2 aliphatic heterocycles. The Hall–Kier alpha value is -1.000. The molecule has 1 amide bonds. The second-order valence-electron chi connectivity index (χ2n) is 5.69. The van der Waals surface area contributed by atoms with Gasteiger partial charge in [0.1, 0.15) is 24.3 Å². The average molecular weight is 446 g/mol. The number of hydrogen-bond donors (Lipinski definition) is 1. The normalized spacial score (nSPS) is 25.4. The van der Waals surface area contributed by atoms with Crippen LogP contribution in [0.4, 0.5) is 0 Å². The fourth-order valence-electron chi connectivity index (χ4n) is 2.47. The van der Waals surface area contributed by atoms with Crippen LogP contribution in [0.1, 0.15) is 13.8 Å². The minimum atomic E-state index is -1.84. The molecule has 0 aromatic carbocycles. The quantitative estimate of drug-likeness (QED) is 0.287. The van der Waals surface area contributed by atoms with Crippen LogP contribution in [0.2, 0.25) is 0 Å². The van der Waals surface area contributed by atoms with E-state index in [4.69, 9.17) is 50.0 Å². The van der Waals surface area contributed by atoms with Crippen LogP contribution in [-0.4, -0.2) is 62.2 Å². The van der Waals surface area contributed by atoms with Crippen LogP contribution >= 0.6 is 46.6 Å². The minimum absolute atomic E-state index is 0.156. The molecule has 2 N–H and O–H groups in total. The summed E-state index contributed by atoms with van der Waals surface area (Å²) in [5.41, 5.74) is 4.38. The van der Waals surface area contributed by atoms with Crippen molar-refractivity contribution in [2.75, 3.05) is 19.0 Å². The summed E-state index contributed by atoms with van der Waals surface area (Å²) in [4.78, 5) is 48.9. The van der Waals surface area contributed by atoms with Gasteiger partial charge >= 0.3 is 11.9 Å². The van der Waals surface area contributed by atoms with Gasteiger partial charge in [-0.2, -0.15) is 0 Å². The van der Waals surface area contributed by atoms with Gasteiger partial charge in [0.25, 0.3) is 5.91 Å². The molecule has 2 rings (SSSR count). The van der Waals surface area contributed by atoms with E-state index in [0.29, 0.717) is 5.57 Å². The number of Topliss-reactive ketones (excluding diaryl/α,β-unsaturated/α-hetero) is 1. The highest BCUT2D eigenvalue weighted by Crippen LogP contribution is 2.45. The van der Waals surface area contributed by atoms with Crippen LogP contribution < -0.4 is 5.73 Å². The van der Waals surface area contributed by atoms with Crippen LogP contribution in [0.5, 0.6) is 0 Å². The van der Waals surface area contributed by atoms with Gasteiger partial charge in [0.2, 0.25) is 3.79 Å². The zero-order chi connectivity index (χ0) is 19.9. The molecule has 0 bridgehead atoms. The number of fused-ring (bicyclic) bond motifs is 1. The summed E-state index contributed by atoms with van der Waals surface area (Å²) in [7, 11) is 0. The third-order valence-corrected chi connectivity index (χ3v) is 5.52. The first kappa shape index (κ1) is 21.3. The average Bonchev–Trinajstić information content (AvgIpc) is 2.54. The number of halogens is 3. The van der Waals surface area contributed by atoms with Crippen molar-refractivity contribution in [3.05, 3.63) is 11.3 Å². The van der Waals surface area contributed by atoms with E-state index < -0.39 is 44.9 Å². The van der Waals surface area contributed by atoms with Gasteiger partial charge in [0.15, 0.2) is 11.3 Å². The number of hydrogen-bond acceptors (Lipinski definition) is 8. The molecule has 1 saturated heterocycles. The minimum Gasteiger partial charge on any atom is -0.461 e. The van der Waals surface area contributed by atoms with Crippen LogP contribution in [0.3, 0.4) is 0 Å². The Balaban J connectivity index is 2.34. The van der Waals surface area contributed by atoms with Crippen molar-refractivity contribution in [2.45, 2.75) is 28.6 Å². The SMILES string of the molecule is CC(=O)OCC1=C(C(=O)OCC(Cl)(Cl)Cl)N2C(=O)[C@](N)(C(C)=O)[C@H]2SC1. The maximum absolute atomic E-state index is 12.5. The first-order valence-corrected chi connectivity index (χ1v) is 9.42. The summed E-state index contributed by atoms with van der Waals surface area (Å²) in [6.45, 7) is 1.63. The van der Waals surface area contributed by atoms with Crippen LogP contribution in [0.15, 0.2) is 11.3 Å². The Morgan fingerprint density at radius 2 is 1.92 bits per heavy atom. The van der Waals surface area contributed by atoms with Crippen molar-refractivity contribution in [1.82, 2.24) is 4.90 Å². The Labute approximate surface area is 168 Å². The number of amides is 1. The molecular weight excluding hydrogens is 431 g/mol. The number of carbonyl (C=O) groups excluding carboxylic acids is 4. The van der Waals surface area contributed by atoms with Crippen LogP contribution in [0, 0.1) is 0 Å². The van der Waals surface area contributed by atoms with Crippen molar-refractivity contribution in [3.8, 4) is 0 Å². The van der Waals surface area contributed by atoms with Gasteiger partial charge in [0, 0.05) is 18.2 Å². The molecule has 2 heterocycles. The summed E-state index contributed by atoms with van der Waals surface area (Å²) < 4.78 is 8.03. The smallest absolute Gasteiger partial charge is 0.355 e. The maximum atomic E-state index is 12.5. The number of nitrogens with zero attached hydrogens (tertiary/aromatic N) is 1. The Morgan fingerprint density at radius 3 is 2.42 bits per heavy atom. The summed E-state index contributed by atoms with van der Waals surface area (Å²) in [6, 6.07) is 0. The molecular formula is C14H15Cl3N2O6S. The summed E-state index contributed by atoms with van der Waals surface area (Å²) in [5.74, 6) is -2.57. The number of thioether (sulfide) groups is 1. The molecule has 0 radical (unpaired) electrons. The highest BCUT2D eigenvalue weighted by molar-refractivity contribution is 8.00. The Bertz CT molecular complexity index is 707. The van der Waals surface area contributed by atoms with Gasteiger partial charge in [-0.1, -0.05) is 34.8 Å². The molecule has 0 aromatic rings. The lowest BCUT2D eigenvalue weighted by molar-refractivity contribution is -0.160. The molecule has 0 saturated carbocycles. The zero-order valence-electron chi connectivity index (χ0n) is 13.7. The molecule has 0 spiro atoms. The second kappa shape index (κ2) is 7.55. The maximum Gasteiger partial charge on any atom is 0.355 e. The number of nitrogens with two attached hydrogens (primary N) is 1. The fraction of sp³-hybridized carbons (Fsp3) is 0.571. The highest BCUT2D eigenvalue weighted by atomic mass is 35.6. The predicted octanol–water partition coefficient (Wildman–Crippen LogP) is 0.919. The fourth-order valence-corrected chi connectivity index (χ4v) is 4.10. The van der Waals surface area contributed by atoms with Crippen LogP contribution in [0.25, 0.3) is 0 Å². The summed E-state index contributed by atoms with van der Waals surface area (Å²) in [6.07, 6.45) is 0. The van der Waals surface area contributed by atoms with E-state index in [9.17, 15) is 19.2 Å². The Kier molecular flexibility index (Phi) is 6.19. The third kappa shape index (κ3) is 3.96. The largest absolute Gasteiger partial charge is 0.461 e. The summed E-state index contributed by atoms with van der Waals surface area (Å²) >= 11 is 17.9. The molecule has 12 heteroatoms. The zero-order valence-corrected chi connectivity index (χ0v) is 16.8. The molecule has 2 aliphatic rings. The lowest BCUT2D eigenvalue weighted by Gasteiger charge is -2.54. The number of alkyl halides is 3. The van der Waals surface area contributed by atoms with E-state index in [-0.39, 0.29) is 18.1 Å². The lowest BCUT2D eigenvalue weighted by Crippen LogP contribution is -2.80. The van der Waals surface area contributed by atoms with Crippen molar-refractivity contribution >= 4 is 70.2 Å². The van der Waals surface area contributed by atoms with E-state index in [1.54, 1.807) is 0 Å². The third-order valence-electron chi connectivity index (χ3n) is 3.78. The number of ketones is 1. The van der Waals surface area contributed by atoms with Crippen molar-refractivity contribution in [2.24, 2.45) is 5.73 Å². The first-order chi connectivity index (χ1) is 11.9.